The first kappa shape index (κ1) is 15.4. The van der Waals surface area contributed by atoms with E-state index in [0.29, 0.717) is 10.9 Å². The quantitative estimate of drug-likeness (QED) is 0.712. The first-order valence-corrected chi connectivity index (χ1v) is 6.94. The van der Waals surface area contributed by atoms with Crippen LogP contribution in [0.4, 0.5) is 0 Å². The lowest BCUT2D eigenvalue weighted by Crippen LogP contribution is -2.57. The predicted octanol–water partition coefficient (Wildman–Crippen LogP) is 1.15. The summed E-state index contributed by atoms with van der Waals surface area (Å²) >= 11 is 5.08. The minimum atomic E-state index is -0.582. The SMILES string of the molecule is CC1CC(C(=O)NC(C)CCN(C)C)(C(N)=S)C1. The lowest BCUT2D eigenvalue weighted by atomic mass is 9.62. The van der Waals surface area contributed by atoms with Crippen molar-refractivity contribution in [2.45, 2.75) is 39.2 Å². The summed E-state index contributed by atoms with van der Waals surface area (Å²) in [5, 5.41) is 3.05. The predicted molar refractivity (Wildman–Crippen MR) is 78.4 cm³/mol. The topological polar surface area (TPSA) is 58.4 Å². The maximum absolute atomic E-state index is 12.3. The van der Waals surface area contributed by atoms with Crippen molar-refractivity contribution in [1.29, 1.82) is 0 Å². The molecule has 0 aliphatic heterocycles. The molecule has 18 heavy (non-hydrogen) atoms. The molecule has 1 saturated carbocycles. The Balaban J connectivity index is 2.51. The highest BCUT2D eigenvalue weighted by Gasteiger charge is 2.50. The molecule has 1 amide bonds. The summed E-state index contributed by atoms with van der Waals surface area (Å²) < 4.78 is 0. The Morgan fingerprint density at radius 3 is 2.50 bits per heavy atom. The number of hydrogen-bond acceptors (Lipinski definition) is 3. The Labute approximate surface area is 115 Å². The zero-order valence-electron chi connectivity index (χ0n) is 11.8. The Kier molecular flexibility index (Phi) is 5.10. The highest BCUT2D eigenvalue weighted by molar-refractivity contribution is 7.80. The molecule has 104 valence electrons. The summed E-state index contributed by atoms with van der Waals surface area (Å²) in [6, 6.07) is 0.155. The van der Waals surface area contributed by atoms with Gasteiger partial charge in [0.15, 0.2) is 0 Å². The lowest BCUT2D eigenvalue weighted by molar-refractivity contribution is -0.133. The van der Waals surface area contributed by atoms with Gasteiger partial charge < -0.3 is 16.0 Å². The van der Waals surface area contributed by atoms with E-state index < -0.39 is 5.41 Å². The molecule has 0 radical (unpaired) electrons. The van der Waals surface area contributed by atoms with Crippen molar-refractivity contribution >= 4 is 23.1 Å². The number of nitrogens with one attached hydrogen (secondary N) is 1. The monoisotopic (exact) mass is 271 g/mol. The fourth-order valence-electron chi connectivity index (χ4n) is 2.51. The molecule has 1 atom stereocenters. The van der Waals surface area contributed by atoms with Crippen molar-refractivity contribution in [2.24, 2.45) is 17.1 Å². The number of nitrogens with zero attached hydrogens (tertiary/aromatic N) is 1. The van der Waals surface area contributed by atoms with Gasteiger partial charge in [-0.1, -0.05) is 19.1 Å². The highest BCUT2D eigenvalue weighted by Crippen LogP contribution is 2.46. The summed E-state index contributed by atoms with van der Waals surface area (Å²) in [6.07, 6.45) is 2.50. The number of amides is 1. The Bertz CT molecular complexity index is 324. The molecule has 1 rings (SSSR count). The Morgan fingerprint density at radius 1 is 1.56 bits per heavy atom. The van der Waals surface area contributed by atoms with E-state index in [1.165, 1.54) is 0 Å². The molecule has 0 heterocycles. The van der Waals surface area contributed by atoms with Gasteiger partial charge in [0.1, 0.15) is 0 Å². The molecule has 0 bridgehead atoms. The van der Waals surface area contributed by atoms with Crippen molar-refractivity contribution in [1.82, 2.24) is 10.2 Å². The molecule has 5 heteroatoms. The molecule has 0 aromatic carbocycles. The summed E-state index contributed by atoms with van der Waals surface area (Å²) in [7, 11) is 4.05. The molecule has 3 N–H and O–H groups in total. The van der Waals surface area contributed by atoms with E-state index in [4.69, 9.17) is 18.0 Å². The minimum Gasteiger partial charge on any atom is -0.392 e. The van der Waals surface area contributed by atoms with Gasteiger partial charge in [-0.2, -0.15) is 0 Å². The summed E-state index contributed by atoms with van der Waals surface area (Å²) in [4.78, 5) is 14.8. The van der Waals surface area contributed by atoms with Crippen LogP contribution in [0.3, 0.4) is 0 Å². The van der Waals surface area contributed by atoms with E-state index in [1.54, 1.807) is 0 Å². The summed E-state index contributed by atoms with van der Waals surface area (Å²) in [5.41, 5.74) is 5.17. The number of carbonyl (C=O) groups excluding carboxylic acids is 1. The van der Waals surface area contributed by atoms with Crippen LogP contribution in [0.15, 0.2) is 0 Å². The van der Waals surface area contributed by atoms with Gasteiger partial charge in [-0.25, -0.2) is 0 Å². The molecule has 0 saturated heterocycles. The molecular weight excluding hydrogens is 246 g/mol. The van der Waals surface area contributed by atoms with E-state index in [9.17, 15) is 4.79 Å². The van der Waals surface area contributed by atoms with E-state index >= 15 is 0 Å². The fraction of sp³-hybridized carbons (Fsp3) is 0.846. The summed E-state index contributed by atoms with van der Waals surface area (Å²) in [5.74, 6) is 0.550. The van der Waals surface area contributed by atoms with Crippen molar-refractivity contribution in [2.75, 3.05) is 20.6 Å². The lowest BCUT2D eigenvalue weighted by Gasteiger charge is -2.44. The maximum atomic E-state index is 12.3. The molecule has 0 aromatic heterocycles. The van der Waals surface area contributed by atoms with Gasteiger partial charge in [-0.15, -0.1) is 0 Å². The number of nitrogens with two attached hydrogens (primary N) is 1. The number of carbonyl (C=O) groups is 1. The van der Waals surface area contributed by atoms with Gasteiger partial charge in [0.05, 0.1) is 10.4 Å². The van der Waals surface area contributed by atoms with Crippen LogP contribution in [-0.2, 0) is 4.79 Å². The third-order valence-corrected chi connectivity index (χ3v) is 4.08. The van der Waals surface area contributed by atoms with Gasteiger partial charge in [0.25, 0.3) is 0 Å². The molecule has 1 unspecified atom stereocenters. The normalized spacial score (nSPS) is 28.6. The van der Waals surface area contributed by atoms with Crippen molar-refractivity contribution in [3.05, 3.63) is 0 Å². The van der Waals surface area contributed by atoms with Crippen LogP contribution >= 0.6 is 12.2 Å². The van der Waals surface area contributed by atoms with Gasteiger partial charge in [-0.3, -0.25) is 4.79 Å². The zero-order valence-corrected chi connectivity index (χ0v) is 12.6. The molecule has 0 spiro atoms. The standard InChI is InChI=1S/C13H25N3OS/c1-9-7-13(8-9,11(14)18)12(17)15-10(2)5-6-16(3)4/h9-10H,5-8H2,1-4H3,(H2,14,18)(H,15,17). The van der Waals surface area contributed by atoms with E-state index in [0.717, 1.165) is 25.8 Å². The van der Waals surface area contributed by atoms with Gasteiger partial charge in [-0.05, 0) is 52.7 Å². The van der Waals surface area contributed by atoms with Crippen LogP contribution in [0.5, 0.6) is 0 Å². The average Bonchev–Trinajstić information content (AvgIpc) is 2.20. The second-order valence-electron chi connectivity index (χ2n) is 5.93. The van der Waals surface area contributed by atoms with E-state index in [-0.39, 0.29) is 11.9 Å². The van der Waals surface area contributed by atoms with Crippen LogP contribution < -0.4 is 11.1 Å². The molecule has 1 aliphatic carbocycles. The highest BCUT2D eigenvalue weighted by atomic mass is 32.1. The molecule has 0 aromatic rings. The third-order valence-electron chi connectivity index (χ3n) is 3.69. The van der Waals surface area contributed by atoms with Gasteiger partial charge in [0, 0.05) is 6.04 Å². The molecular formula is C13H25N3OS. The fourth-order valence-corrected chi connectivity index (χ4v) is 2.77. The second-order valence-corrected chi connectivity index (χ2v) is 6.37. The molecule has 4 nitrogen and oxygen atoms in total. The maximum Gasteiger partial charge on any atom is 0.233 e. The number of rotatable bonds is 6. The second kappa shape index (κ2) is 5.97. The number of hydrogen-bond donors (Lipinski definition) is 2. The molecule has 1 aliphatic rings. The Morgan fingerprint density at radius 2 is 2.11 bits per heavy atom. The van der Waals surface area contributed by atoms with Crippen molar-refractivity contribution in [3.63, 3.8) is 0 Å². The largest absolute Gasteiger partial charge is 0.392 e. The average molecular weight is 271 g/mol. The van der Waals surface area contributed by atoms with Gasteiger partial charge in [0.2, 0.25) is 5.91 Å². The number of thiocarbonyl (C=S) groups is 1. The smallest absolute Gasteiger partial charge is 0.233 e. The zero-order chi connectivity index (χ0) is 13.9. The first-order valence-electron chi connectivity index (χ1n) is 6.53. The van der Waals surface area contributed by atoms with Crippen LogP contribution in [0.25, 0.3) is 0 Å². The molecule has 1 fully saturated rings. The van der Waals surface area contributed by atoms with Crippen LogP contribution in [-0.4, -0.2) is 42.5 Å². The van der Waals surface area contributed by atoms with E-state index in [1.807, 2.05) is 21.0 Å². The van der Waals surface area contributed by atoms with E-state index in [2.05, 4.69) is 17.1 Å². The van der Waals surface area contributed by atoms with Crippen molar-refractivity contribution < 1.29 is 4.79 Å². The minimum absolute atomic E-state index is 0.0133. The Hall–Kier alpha value is -0.680. The van der Waals surface area contributed by atoms with Crippen molar-refractivity contribution in [3.8, 4) is 0 Å². The first-order chi connectivity index (χ1) is 8.28. The van der Waals surface area contributed by atoms with Crippen LogP contribution in [0.2, 0.25) is 0 Å². The van der Waals surface area contributed by atoms with Crippen LogP contribution in [0, 0.1) is 11.3 Å². The van der Waals surface area contributed by atoms with Crippen LogP contribution in [0.1, 0.15) is 33.1 Å². The summed E-state index contributed by atoms with van der Waals surface area (Å²) in [6.45, 7) is 5.11. The van der Waals surface area contributed by atoms with Gasteiger partial charge >= 0.3 is 0 Å². The third kappa shape index (κ3) is 3.42.